The third-order valence-corrected chi connectivity index (χ3v) is 12.7. The maximum Gasteiger partial charge on any atom is 0.150 e. The molecule has 146 valence electrons. The fraction of sp³-hybridized carbons (Fsp3) is 1.00. The summed E-state index contributed by atoms with van der Waals surface area (Å²) in [5, 5.41) is 0. The average Bonchev–Trinajstić information content (AvgIpc) is 2.52. The van der Waals surface area contributed by atoms with Crippen LogP contribution in [0.3, 0.4) is 0 Å². The van der Waals surface area contributed by atoms with E-state index in [9.17, 15) is 0 Å². The molecule has 0 radical (unpaired) electrons. The first-order valence-corrected chi connectivity index (χ1v) is 18.4. The van der Waals surface area contributed by atoms with E-state index in [2.05, 4.69) is 33.5 Å². The molecule has 0 saturated heterocycles. The number of unbranched alkanes of at least 4 members (excludes halogenated alkanes) is 10. The van der Waals surface area contributed by atoms with Crippen molar-refractivity contribution < 1.29 is 0 Å². The summed E-state index contributed by atoms with van der Waals surface area (Å²) in [6, 6.07) is 5.98. The monoisotopic (exact) mass is 390 g/mol. The molecule has 0 rings (SSSR count). The Labute approximate surface area is 161 Å². The minimum absolute atomic E-state index is 1.05. The van der Waals surface area contributed by atoms with Crippen LogP contribution in [0.25, 0.3) is 0 Å². The zero-order valence-electron chi connectivity index (χ0n) is 17.7. The van der Waals surface area contributed by atoms with Gasteiger partial charge < -0.3 is 0 Å². The Morgan fingerprint density at radius 1 is 0.500 bits per heavy atom. The number of hydrogen-bond acceptors (Lipinski definition) is 0. The van der Waals surface area contributed by atoms with Crippen LogP contribution in [0.2, 0.25) is 43.8 Å². The van der Waals surface area contributed by atoms with Gasteiger partial charge in [0, 0.05) is 0 Å². The largest absolute Gasteiger partial charge is 0.168 e. The molecule has 0 bridgehead atoms. The smallest absolute Gasteiger partial charge is 0.150 e. The minimum atomic E-state index is -1.39. The van der Waals surface area contributed by atoms with Crippen LogP contribution in [0.15, 0.2) is 0 Å². The van der Waals surface area contributed by atoms with Crippen molar-refractivity contribution in [1.29, 1.82) is 0 Å². The van der Waals surface area contributed by atoms with Gasteiger partial charge in [0.1, 0.15) is 7.38 Å². The van der Waals surface area contributed by atoms with E-state index < -0.39 is 15.5 Å². The van der Waals surface area contributed by atoms with Gasteiger partial charge in [-0.15, -0.1) is 0 Å². The summed E-state index contributed by atoms with van der Waals surface area (Å²) < 4.78 is 0. The van der Waals surface area contributed by atoms with Crippen LogP contribution in [0.1, 0.15) is 90.9 Å². The van der Waals surface area contributed by atoms with Crippen molar-refractivity contribution >= 4 is 26.5 Å². The van der Waals surface area contributed by atoms with Crippen LogP contribution in [0.4, 0.5) is 0 Å². The molecule has 0 spiro atoms. The summed E-state index contributed by atoms with van der Waals surface area (Å²) in [7, 11) is -2.44. The van der Waals surface area contributed by atoms with Crippen molar-refractivity contribution in [2.24, 2.45) is 0 Å². The second-order valence-corrected chi connectivity index (χ2v) is 21.2. The number of hydrogen-bond donors (Lipinski definition) is 0. The highest BCUT2D eigenvalue weighted by molar-refractivity contribution is 7.19. The molecule has 0 atom stereocenters. The van der Waals surface area contributed by atoms with Gasteiger partial charge in [-0.25, -0.2) is 0 Å². The predicted molar refractivity (Wildman–Crippen MR) is 121 cm³/mol. The minimum Gasteiger partial charge on any atom is -0.168 e. The van der Waals surface area contributed by atoms with Crippen molar-refractivity contribution in [3.05, 3.63) is 0 Å². The summed E-state index contributed by atoms with van der Waals surface area (Å²) in [4.78, 5) is 0. The Bertz CT molecular complexity index is 258. The maximum absolute atomic E-state index is 6.64. The summed E-state index contributed by atoms with van der Waals surface area (Å²) in [5.74, 6) is 0. The van der Waals surface area contributed by atoms with E-state index in [4.69, 9.17) is 11.1 Å². The quantitative estimate of drug-likeness (QED) is 0.132. The highest BCUT2D eigenvalue weighted by atomic mass is 35.6. The van der Waals surface area contributed by atoms with E-state index in [1.165, 1.54) is 89.1 Å². The summed E-state index contributed by atoms with van der Waals surface area (Å²) in [6.07, 6.45) is 17.3. The molecule has 24 heavy (non-hydrogen) atoms. The molecule has 0 aliphatic heterocycles. The second kappa shape index (κ2) is 14.8. The van der Waals surface area contributed by atoms with Gasteiger partial charge in [-0.3, -0.25) is 0 Å². The van der Waals surface area contributed by atoms with Gasteiger partial charge in [0.25, 0.3) is 0 Å². The predicted octanol–water partition coefficient (Wildman–Crippen LogP) is 9.23. The van der Waals surface area contributed by atoms with Gasteiger partial charge in [0.15, 0.2) is 0 Å². The zero-order chi connectivity index (χ0) is 18.3. The van der Waals surface area contributed by atoms with Gasteiger partial charge in [-0.2, -0.15) is 11.1 Å². The Morgan fingerprint density at radius 3 is 1.25 bits per heavy atom. The molecule has 0 heterocycles. The molecule has 0 aliphatic rings. The molecule has 0 nitrogen and oxygen atoms in total. The maximum atomic E-state index is 6.64. The molecule has 0 aromatic rings. The topological polar surface area (TPSA) is 0 Å². The first-order valence-electron chi connectivity index (χ1n) is 11.0. The van der Waals surface area contributed by atoms with Gasteiger partial charge >= 0.3 is 0 Å². The van der Waals surface area contributed by atoms with E-state index in [0.717, 1.165) is 0 Å². The zero-order valence-corrected chi connectivity index (χ0v) is 20.4. The van der Waals surface area contributed by atoms with Crippen LogP contribution >= 0.6 is 11.1 Å². The normalized spacial score (nSPS) is 12.8. The van der Waals surface area contributed by atoms with E-state index in [1.807, 2.05) is 0 Å². The molecule has 0 aromatic carbocycles. The van der Waals surface area contributed by atoms with Crippen molar-refractivity contribution in [3.63, 3.8) is 0 Å². The standard InChI is InChI=1S/C21H47ClSi2/c1-6-8-10-12-14-16-18-24(5,21-20-23(3,4)22)19-17-15-13-11-9-7-2/h6-21H2,1-5H3. The summed E-state index contributed by atoms with van der Waals surface area (Å²) in [6.45, 7) is 12.0. The van der Waals surface area contributed by atoms with E-state index in [-0.39, 0.29) is 0 Å². The van der Waals surface area contributed by atoms with E-state index in [0.29, 0.717) is 0 Å². The number of rotatable bonds is 17. The third kappa shape index (κ3) is 16.2. The molecular formula is C21H47ClSi2. The van der Waals surface area contributed by atoms with Crippen molar-refractivity contribution in [3.8, 4) is 0 Å². The van der Waals surface area contributed by atoms with E-state index in [1.54, 1.807) is 12.1 Å². The van der Waals surface area contributed by atoms with Crippen LogP contribution in [0.5, 0.6) is 0 Å². The molecule has 3 heteroatoms. The van der Waals surface area contributed by atoms with Gasteiger partial charge in [-0.1, -0.05) is 129 Å². The molecule has 0 aromatic heterocycles. The van der Waals surface area contributed by atoms with Crippen molar-refractivity contribution in [2.75, 3.05) is 0 Å². The first kappa shape index (κ1) is 24.7. The molecule has 0 N–H and O–H groups in total. The molecule has 0 aliphatic carbocycles. The highest BCUT2D eigenvalue weighted by Crippen LogP contribution is 2.32. The van der Waals surface area contributed by atoms with Crippen LogP contribution < -0.4 is 0 Å². The average molecular weight is 391 g/mol. The van der Waals surface area contributed by atoms with Crippen LogP contribution in [0, 0.1) is 0 Å². The SMILES string of the molecule is CCCCCCCC[Si](C)(CCCCCCCC)CC[Si](C)(C)Cl. The van der Waals surface area contributed by atoms with Crippen molar-refractivity contribution in [2.45, 2.75) is 135 Å². The molecular weight excluding hydrogens is 344 g/mol. The molecule has 0 fully saturated rings. The second-order valence-electron chi connectivity index (χ2n) is 9.06. The summed E-state index contributed by atoms with van der Waals surface area (Å²) in [5.41, 5.74) is 0. The number of halogens is 1. The van der Waals surface area contributed by atoms with Crippen LogP contribution in [-0.4, -0.2) is 15.5 Å². The fourth-order valence-corrected chi connectivity index (χ4v) is 12.2. The Hall–Kier alpha value is 0.724. The lowest BCUT2D eigenvalue weighted by molar-refractivity contribution is 0.614. The Morgan fingerprint density at radius 2 is 0.875 bits per heavy atom. The van der Waals surface area contributed by atoms with Gasteiger partial charge in [-0.05, 0) is 6.04 Å². The molecule has 0 unspecified atom stereocenters. The molecule has 0 amide bonds. The lowest BCUT2D eigenvalue weighted by Crippen LogP contribution is -2.32. The summed E-state index contributed by atoms with van der Waals surface area (Å²) >= 11 is 6.64. The van der Waals surface area contributed by atoms with Gasteiger partial charge in [0.05, 0.1) is 8.07 Å². The third-order valence-electron chi connectivity index (χ3n) is 5.59. The lowest BCUT2D eigenvalue weighted by Gasteiger charge is -2.30. The Balaban J connectivity index is 4.12. The Kier molecular flexibility index (Phi) is 15.3. The molecule has 0 saturated carbocycles. The van der Waals surface area contributed by atoms with Gasteiger partial charge in [0.2, 0.25) is 0 Å². The van der Waals surface area contributed by atoms with Crippen LogP contribution in [-0.2, 0) is 0 Å². The van der Waals surface area contributed by atoms with Crippen molar-refractivity contribution in [1.82, 2.24) is 0 Å². The highest BCUT2D eigenvalue weighted by Gasteiger charge is 2.29. The lowest BCUT2D eigenvalue weighted by atomic mass is 10.1. The first-order chi connectivity index (χ1) is 11.3. The fourth-order valence-electron chi connectivity index (χ4n) is 3.64. The van der Waals surface area contributed by atoms with E-state index >= 15 is 0 Å².